The van der Waals surface area contributed by atoms with Crippen molar-refractivity contribution in [3.63, 3.8) is 0 Å². The van der Waals surface area contributed by atoms with Crippen molar-refractivity contribution in [2.45, 2.75) is 39.7 Å². The second-order valence-corrected chi connectivity index (χ2v) is 5.40. The minimum Gasteiger partial charge on any atom is -0.374 e. The average Bonchev–Trinajstić information content (AvgIpc) is 2.35. The molecular formula is C15H25NO. The summed E-state index contributed by atoms with van der Waals surface area (Å²) < 4.78 is 5.83. The van der Waals surface area contributed by atoms with Gasteiger partial charge in [-0.3, -0.25) is 0 Å². The summed E-state index contributed by atoms with van der Waals surface area (Å²) in [6, 6.07) is 10.3. The van der Waals surface area contributed by atoms with Crippen LogP contribution in [0, 0.1) is 5.41 Å². The summed E-state index contributed by atoms with van der Waals surface area (Å²) in [7, 11) is 0. The Morgan fingerprint density at radius 3 is 2.47 bits per heavy atom. The maximum absolute atomic E-state index is 5.83. The predicted molar refractivity (Wildman–Crippen MR) is 72.9 cm³/mol. The third kappa shape index (κ3) is 5.33. The highest BCUT2D eigenvalue weighted by Gasteiger charge is 2.14. The van der Waals surface area contributed by atoms with Crippen molar-refractivity contribution in [2.24, 2.45) is 11.1 Å². The van der Waals surface area contributed by atoms with Gasteiger partial charge in [-0.2, -0.15) is 0 Å². The first kappa shape index (κ1) is 14.2. The molecule has 0 fully saturated rings. The summed E-state index contributed by atoms with van der Waals surface area (Å²) in [5.41, 5.74) is 7.18. The Labute approximate surface area is 105 Å². The fraction of sp³-hybridized carbons (Fsp3) is 0.600. The fourth-order valence-corrected chi connectivity index (χ4v) is 1.73. The highest BCUT2D eigenvalue weighted by Crippen LogP contribution is 2.21. The third-order valence-electron chi connectivity index (χ3n) is 3.19. The van der Waals surface area contributed by atoms with E-state index in [9.17, 15) is 0 Å². The lowest BCUT2D eigenvalue weighted by molar-refractivity contribution is 0.0581. The molecule has 0 bridgehead atoms. The second-order valence-electron chi connectivity index (χ2n) is 5.40. The van der Waals surface area contributed by atoms with Gasteiger partial charge in [0.05, 0.1) is 6.10 Å². The molecule has 2 nitrogen and oxygen atoms in total. The summed E-state index contributed by atoms with van der Waals surface area (Å²) in [5.74, 6) is 0. The van der Waals surface area contributed by atoms with Gasteiger partial charge in [0.25, 0.3) is 0 Å². The quantitative estimate of drug-likeness (QED) is 0.734. The van der Waals surface area contributed by atoms with Crippen LogP contribution in [0.2, 0.25) is 0 Å². The highest BCUT2D eigenvalue weighted by molar-refractivity contribution is 5.16. The lowest BCUT2D eigenvalue weighted by atomic mass is 9.88. The van der Waals surface area contributed by atoms with E-state index in [1.54, 1.807) is 0 Å². The van der Waals surface area contributed by atoms with Gasteiger partial charge >= 0.3 is 0 Å². The number of rotatable bonds is 7. The van der Waals surface area contributed by atoms with Crippen molar-refractivity contribution in [2.75, 3.05) is 13.2 Å². The highest BCUT2D eigenvalue weighted by atomic mass is 16.5. The average molecular weight is 235 g/mol. The van der Waals surface area contributed by atoms with Crippen LogP contribution in [0.3, 0.4) is 0 Å². The first-order chi connectivity index (χ1) is 8.05. The summed E-state index contributed by atoms with van der Waals surface area (Å²) in [6.45, 7) is 8.05. The Morgan fingerprint density at radius 1 is 1.24 bits per heavy atom. The van der Waals surface area contributed by atoms with E-state index >= 15 is 0 Å². The molecule has 1 aromatic rings. The zero-order chi connectivity index (χ0) is 12.7. The van der Waals surface area contributed by atoms with E-state index in [0.717, 1.165) is 26.0 Å². The van der Waals surface area contributed by atoms with Crippen LogP contribution in [0.25, 0.3) is 0 Å². The normalized spacial score (nSPS) is 13.6. The molecule has 2 heteroatoms. The molecule has 1 unspecified atom stereocenters. The Kier molecular flexibility index (Phi) is 5.66. The Balaban J connectivity index is 2.24. The van der Waals surface area contributed by atoms with Crippen molar-refractivity contribution in [1.82, 2.24) is 0 Å². The van der Waals surface area contributed by atoms with E-state index in [0.29, 0.717) is 0 Å². The second kappa shape index (κ2) is 6.77. The SMILES string of the molecule is CC(OCCCC(C)(C)CN)c1ccccc1. The standard InChI is InChI=1S/C15H25NO/c1-13(14-8-5-4-6-9-14)17-11-7-10-15(2,3)12-16/h4-6,8-9,13H,7,10-12,16H2,1-3H3. The molecular weight excluding hydrogens is 210 g/mol. The van der Waals surface area contributed by atoms with Crippen molar-refractivity contribution >= 4 is 0 Å². The van der Waals surface area contributed by atoms with Crippen molar-refractivity contribution in [3.05, 3.63) is 35.9 Å². The van der Waals surface area contributed by atoms with Crippen LogP contribution in [0.1, 0.15) is 45.3 Å². The molecule has 2 N–H and O–H groups in total. The van der Waals surface area contributed by atoms with Crippen LogP contribution >= 0.6 is 0 Å². The van der Waals surface area contributed by atoms with Crippen LogP contribution in [0.4, 0.5) is 0 Å². The smallest absolute Gasteiger partial charge is 0.0796 e. The van der Waals surface area contributed by atoms with E-state index in [2.05, 4.69) is 32.9 Å². The van der Waals surface area contributed by atoms with Crippen LogP contribution in [-0.2, 0) is 4.74 Å². The zero-order valence-corrected chi connectivity index (χ0v) is 11.3. The number of benzene rings is 1. The first-order valence-corrected chi connectivity index (χ1v) is 6.42. The Morgan fingerprint density at radius 2 is 1.88 bits per heavy atom. The van der Waals surface area contributed by atoms with E-state index < -0.39 is 0 Å². The molecule has 0 saturated carbocycles. The topological polar surface area (TPSA) is 35.2 Å². The van der Waals surface area contributed by atoms with Gasteiger partial charge in [-0.05, 0) is 37.3 Å². The molecule has 1 atom stereocenters. The third-order valence-corrected chi connectivity index (χ3v) is 3.19. The van der Waals surface area contributed by atoms with Crippen molar-refractivity contribution in [1.29, 1.82) is 0 Å². The van der Waals surface area contributed by atoms with Gasteiger partial charge in [0.2, 0.25) is 0 Å². The molecule has 0 aliphatic heterocycles. The zero-order valence-electron chi connectivity index (χ0n) is 11.3. The van der Waals surface area contributed by atoms with E-state index in [1.807, 2.05) is 18.2 Å². The molecule has 17 heavy (non-hydrogen) atoms. The molecule has 1 rings (SSSR count). The maximum Gasteiger partial charge on any atom is 0.0796 e. The van der Waals surface area contributed by atoms with Gasteiger partial charge in [0.1, 0.15) is 0 Å². The number of hydrogen-bond donors (Lipinski definition) is 1. The summed E-state index contributed by atoms with van der Waals surface area (Å²) in [6.07, 6.45) is 2.36. The van der Waals surface area contributed by atoms with Gasteiger partial charge < -0.3 is 10.5 Å². The largest absolute Gasteiger partial charge is 0.374 e. The number of nitrogens with two attached hydrogens (primary N) is 1. The van der Waals surface area contributed by atoms with Gasteiger partial charge in [-0.15, -0.1) is 0 Å². The van der Waals surface area contributed by atoms with Crippen LogP contribution in [0.5, 0.6) is 0 Å². The number of ether oxygens (including phenoxy) is 1. The van der Waals surface area contributed by atoms with Gasteiger partial charge in [0, 0.05) is 6.61 Å². The molecule has 0 aromatic heterocycles. The van der Waals surface area contributed by atoms with Gasteiger partial charge in [-0.25, -0.2) is 0 Å². The van der Waals surface area contributed by atoms with Crippen LogP contribution < -0.4 is 5.73 Å². The lowest BCUT2D eigenvalue weighted by Gasteiger charge is -2.22. The summed E-state index contributed by atoms with van der Waals surface area (Å²) in [5, 5.41) is 0. The number of hydrogen-bond acceptors (Lipinski definition) is 2. The first-order valence-electron chi connectivity index (χ1n) is 6.42. The minimum atomic E-state index is 0.178. The summed E-state index contributed by atoms with van der Waals surface area (Å²) >= 11 is 0. The van der Waals surface area contributed by atoms with Crippen molar-refractivity contribution < 1.29 is 4.74 Å². The van der Waals surface area contributed by atoms with E-state index in [1.165, 1.54) is 5.56 Å². The fourth-order valence-electron chi connectivity index (χ4n) is 1.73. The molecule has 0 aliphatic carbocycles. The van der Waals surface area contributed by atoms with E-state index in [-0.39, 0.29) is 11.5 Å². The Bertz CT molecular complexity index is 308. The Hall–Kier alpha value is -0.860. The van der Waals surface area contributed by atoms with Crippen LogP contribution in [0.15, 0.2) is 30.3 Å². The molecule has 0 aliphatic rings. The molecule has 0 amide bonds. The minimum absolute atomic E-state index is 0.178. The predicted octanol–water partition coefficient (Wildman–Crippen LogP) is 3.53. The van der Waals surface area contributed by atoms with Gasteiger partial charge in [0.15, 0.2) is 0 Å². The molecule has 96 valence electrons. The molecule has 0 radical (unpaired) electrons. The van der Waals surface area contributed by atoms with Crippen LogP contribution in [-0.4, -0.2) is 13.2 Å². The molecule has 0 spiro atoms. The lowest BCUT2D eigenvalue weighted by Crippen LogP contribution is -2.23. The maximum atomic E-state index is 5.83. The van der Waals surface area contributed by atoms with Gasteiger partial charge in [-0.1, -0.05) is 44.2 Å². The van der Waals surface area contributed by atoms with E-state index in [4.69, 9.17) is 10.5 Å². The molecule has 1 aromatic carbocycles. The van der Waals surface area contributed by atoms with Crippen molar-refractivity contribution in [3.8, 4) is 0 Å². The molecule has 0 saturated heterocycles. The molecule has 0 heterocycles. The monoisotopic (exact) mass is 235 g/mol. The summed E-state index contributed by atoms with van der Waals surface area (Å²) in [4.78, 5) is 0.